The minimum atomic E-state index is 0.214. The SMILES string of the molecule is CCCCC=CNOCCCCCOc1c(CC)cc(OCC=C(Cl)Cl)cc1CC. The van der Waals surface area contributed by atoms with Gasteiger partial charge in [-0.3, -0.25) is 10.3 Å². The van der Waals surface area contributed by atoms with E-state index in [4.69, 9.17) is 37.5 Å². The Hall–Kier alpha value is -1.36. The molecule has 0 radical (unpaired) electrons. The van der Waals surface area contributed by atoms with Crippen LogP contribution in [0, 0.1) is 0 Å². The van der Waals surface area contributed by atoms with Crippen molar-refractivity contribution in [2.75, 3.05) is 19.8 Å². The molecule has 1 aromatic rings. The van der Waals surface area contributed by atoms with Crippen molar-refractivity contribution < 1.29 is 14.3 Å². The number of allylic oxidation sites excluding steroid dienone is 1. The first-order valence-electron chi connectivity index (χ1n) is 11.1. The zero-order chi connectivity index (χ0) is 22.0. The number of halogens is 2. The molecular weight excluding hydrogens is 421 g/mol. The normalized spacial score (nSPS) is 11.0. The number of hydrogen-bond acceptors (Lipinski definition) is 4. The second-order valence-corrected chi connectivity index (χ2v) is 8.01. The smallest absolute Gasteiger partial charge is 0.125 e. The molecule has 0 amide bonds. The van der Waals surface area contributed by atoms with Gasteiger partial charge in [0.2, 0.25) is 0 Å². The fourth-order valence-electron chi connectivity index (χ4n) is 2.91. The molecule has 170 valence electrons. The van der Waals surface area contributed by atoms with E-state index in [-0.39, 0.29) is 4.49 Å². The van der Waals surface area contributed by atoms with Crippen molar-refractivity contribution in [3.8, 4) is 11.5 Å². The van der Waals surface area contributed by atoms with Gasteiger partial charge in [0.05, 0.1) is 13.2 Å². The monoisotopic (exact) mass is 457 g/mol. The molecule has 0 aromatic heterocycles. The largest absolute Gasteiger partial charge is 0.493 e. The number of nitrogens with one attached hydrogen (secondary N) is 1. The van der Waals surface area contributed by atoms with Crippen molar-refractivity contribution in [1.82, 2.24) is 5.48 Å². The Balaban J connectivity index is 2.36. The first-order chi connectivity index (χ1) is 14.6. The maximum absolute atomic E-state index is 6.15. The number of benzene rings is 1. The standard InChI is InChI=1S/C24H37Cl2NO3/c1-4-7-8-10-14-27-30-16-12-9-11-15-29-24-20(5-2)18-22(19-21(24)6-3)28-17-13-23(25)26/h10,13-14,18-19,27H,4-9,11-12,15-17H2,1-3H3. The summed E-state index contributed by atoms with van der Waals surface area (Å²) in [5.41, 5.74) is 5.20. The minimum Gasteiger partial charge on any atom is -0.493 e. The van der Waals surface area contributed by atoms with Gasteiger partial charge in [-0.25, -0.2) is 0 Å². The third kappa shape index (κ3) is 11.7. The zero-order valence-electron chi connectivity index (χ0n) is 18.6. The quantitative estimate of drug-likeness (QED) is 0.197. The van der Waals surface area contributed by atoms with Gasteiger partial charge in [-0.05, 0) is 67.9 Å². The lowest BCUT2D eigenvalue weighted by molar-refractivity contribution is 0.0674. The molecule has 0 aliphatic rings. The maximum atomic E-state index is 6.15. The van der Waals surface area contributed by atoms with E-state index in [1.165, 1.54) is 12.8 Å². The van der Waals surface area contributed by atoms with Crippen molar-refractivity contribution in [2.24, 2.45) is 0 Å². The first kappa shape index (κ1) is 26.7. The zero-order valence-corrected chi connectivity index (χ0v) is 20.2. The van der Waals surface area contributed by atoms with Gasteiger partial charge < -0.3 is 9.47 Å². The van der Waals surface area contributed by atoms with Crippen LogP contribution in [-0.4, -0.2) is 19.8 Å². The van der Waals surface area contributed by atoms with Crippen LogP contribution in [0.25, 0.3) is 0 Å². The summed E-state index contributed by atoms with van der Waals surface area (Å²) in [6.07, 6.45) is 14.0. The van der Waals surface area contributed by atoms with Crippen LogP contribution in [0.3, 0.4) is 0 Å². The molecule has 30 heavy (non-hydrogen) atoms. The van der Waals surface area contributed by atoms with Crippen molar-refractivity contribution in [2.45, 2.75) is 72.1 Å². The highest BCUT2D eigenvalue weighted by atomic mass is 35.5. The van der Waals surface area contributed by atoms with Crippen molar-refractivity contribution in [1.29, 1.82) is 0 Å². The third-order valence-corrected chi connectivity index (χ3v) is 4.91. The molecule has 0 aliphatic heterocycles. The number of rotatable bonds is 17. The summed E-state index contributed by atoms with van der Waals surface area (Å²) in [5, 5.41) is 0. The van der Waals surface area contributed by atoms with E-state index in [0.717, 1.165) is 61.2 Å². The topological polar surface area (TPSA) is 39.7 Å². The van der Waals surface area contributed by atoms with Crippen LogP contribution in [0.4, 0.5) is 0 Å². The molecule has 6 heteroatoms. The Morgan fingerprint density at radius 3 is 2.27 bits per heavy atom. The summed E-state index contributed by atoms with van der Waals surface area (Å²) in [7, 11) is 0. The van der Waals surface area contributed by atoms with Crippen molar-refractivity contribution >= 4 is 23.2 Å². The summed E-state index contributed by atoms with van der Waals surface area (Å²) in [5.74, 6) is 1.81. The highest BCUT2D eigenvalue weighted by Gasteiger charge is 2.11. The average molecular weight is 458 g/mol. The number of hydrogen-bond donors (Lipinski definition) is 1. The van der Waals surface area contributed by atoms with Crippen LogP contribution in [0.1, 0.15) is 70.4 Å². The molecule has 4 nitrogen and oxygen atoms in total. The molecule has 0 unspecified atom stereocenters. The van der Waals surface area contributed by atoms with Crippen molar-refractivity contribution in [3.63, 3.8) is 0 Å². The van der Waals surface area contributed by atoms with Gasteiger partial charge in [0.15, 0.2) is 0 Å². The third-order valence-electron chi connectivity index (χ3n) is 4.60. The van der Waals surface area contributed by atoms with Crippen LogP contribution in [0.2, 0.25) is 0 Å². The number of ether oxygens (including phenoxy) is 2. The van der Waals surface area contributed by atoms with Gasteiger partial charge in [0.25, 0.3) is 0 Å². The summed E-state index contributed by atoms with van der Waals surface area (Å²) >= 11 is 11.3. The van der Waals surface area contributed by atoms with E-state index >= 15 is 0 Å². The molecule has 0 spiro atoms. The van der Waals surface area contributed by atoms with Gasteiger partial charge in [-0.2, -0.15) is 0 Å². The predicted molar refractivity (Wildman–Crippen MR) is 128 cm³/mol. The molecule has 1 rings (SSSR count). The lowest BCUT2D eigenvalue weighted by Gasteiger charge is -2.17. The molecule has 1 aromatic carbocycles. The van der Waals surface area contributed by atoms with Gasteiger partial charge in [-0.1, -0.05) is 62.9 Å². The van der Waals surface area contributed by atoms with E-state index in [9.17, 15) is 0 Å². The summed E-state index contributed by atoms with van der Waals surface area (Å²) < 4.78 is 12.1. The fraction of sp³-hybridized carbons (Fsp3) is 0.583. The number of hydroxylamine groups is 1. The van der Waals surface area contributed by atoms with Crippen LogP contribution in [-0.2, 0) is 17.7 Å². The molecule has 0 bridgehead atoms. The molecule has 0 saturated heterocycles. The Bertz CT molecular complexity index is 618. The molecule has 1 N–H and O–H groups in total. The van der Waals surface area contributed by atoms with Crippen LogP contribution in [0.15, 0.2) is 35.0 Å². The van der Waals surface area contributed by atoms with E-state index < -0.39 is 0 Å². The van der Waals surface area contributed by atoms with E-state index in [0.29, 0.717) is 19.8 Å². The lowest BCUT2D eigenvalue weighted by Crippen LogP contribution is -2.08. The predicted octanol–water partition coefficient (Wildman–Crippen LogP) is 7.28. The van der Waals surface area contributed by atoms with Crippen LogP contribution in [0.5, 0.6) is 11.5 Å². The Labute approximate surface area is 192 Å². The maximum Gasteiger partial charge on any atom is 0.125 e. The van der Waals surface area contributed by atoms with Gasteiger partial charge in [0.1, 0.15) is 22.6 Å². The average Bonchev–Trinajstić information content (AvgIpc) is 2.74. The molecule has 0 fully saturated rings. The summed E-state index contributed by atoms with van der Waals surface area (Å²) in [6, 6.07) is 4.08. The van der Waals surface area contributed by atoms with E-state index in [1.807, 2.05) is 18.3 Å². The van der Waals surface area contributed by atoms with Crippen LogP contribution < -0.4 is 15.0 Å². The lowest BCUT2D eigenvalue weighted by atomic mass is 10.0. The molecule has 0 heterocycles. The molecule has 0 aliphatic carbocycles. The Kier molecular flexibility index (Phi) is 15.4. The molecule has 0 atom stereocenters. The minimum absolute atomic E-state index is 0.214. The summed E-state index contributed by atoms with van der Waals surface area (Å²) in [4.78, 5) is 5.40. The second kappa shape index (κ2) is 17.3. The van der Waals surface area contributed by atoms with Crippen LogP contribution >= 0.6 is 23.2 Å². The molecule has 0 saturated carbocycles. The van der Waals surface area contributed by atoms with Gasteiger partial charge in [-0.15, -0.1) is 0 Å². The Morgan fingerprint density at radius 1 is 0.933 bits per heavy atom. The number of aryl methyl sites for hydroxylation is 2. The van der Waals surface area contributed by atoms with E-state index in [2.05, 4.69) is 32.3 Å². The van der Waals surface area contributed by atoms with Gasteiger partial charge >= 0.3 is 0 Å². The Morgan fingerprint density at radius 2 is 1.63 bits per heavy atom. The highest BCUT2D eigenvalue weighted by molar-refractivity contribution is 6.55. The first-order valence-corrected chi connectivity index (χ1v) is 11.8. The van der Waals surface area contributed by atoms with Crippen molar-refractivity contribution in [3.05, 3.63) is 46.1 Å². The van der Waals surface area contributed by atoms with Gasteiger partial charge in [0, 0.05) is 6.20 Å². The molecular formula is C24H37Cl2NO3. The second-order valence-electron chi connectivity index (χ2n) is 7.00. The number of unbranched alkanes of at least 4 members (excludes halogenated alkanes) is 4. The van der Waals surface area contributed by atoms with E-state index in [1.54, 1.807) is 6.08 Å². The summed E-state index contributed by atoms with van der Waals surface area (Å²) in [6.45, 7) is 8.20. The highest BCUT2D eigenvalue weighted by Crippen LogP contribution is 2.31. The fourth-order valence-corrected chi connectivity index (χ4v) is 3.03.